The van der Waals surface area contributed by atoms with E-state index in [9.17, 15) is 18.0 Å². The zero-order valence-corrected chi connectivity index (χ0v) is 10.8. The molecule has 0 bridgehead atoms. The monoisotopic (exact) mass is 309 g/mol. The van der Waals surface area contributed by atoms with Crippen molar-refractivity contribution in [2.45, 2.75) is 24.3 Å². The fourth-order valence-electron chi connectivity index (χ4n) is 1.05. The molecule has 0 radical (unpaired) electrons. The van der Waals surface area contributed by atoms with Crippen molar-refractivity contribution in [3.63, 3.8) is 0 Å². The number of carbonyl (C=O) groups excluding carboxylic acids is 1. The Morgan fingerprint density at radius 3 is 2.35 bits per heavy atom. The van der Waals surface area contributed by atoms with Gasteiger partial charge in [-0.1, -0.05) is 22.0 Å². The number of alkyl halides is 4. The van der Waals surface area contributed by atoms with Gasteiger partial charge in [-0.05, 0) is 32.0 Å². The lowest BCUT2D eigenvalue weighted by molar-refractivity contribution is -0.137. The van der Waals surface area contributed by atoms with E-state index in [0.717, 1.165) is 12.1 Å². The molecule has 1 aromatic carbocycles. The molecule has 0 saturated heterocycles. The molecule has 0 unspecified atom stereocenters. The number of hydrogen-bond donors (Lipinski definition) is 1. The SMILES string of the molecule is CC(C)(Br)C(=O)Nc1cccc(C(F)(F)F)c1. The van der Waals surface area contributed by atoms with Crippen molar-refractivity contribution in [1.29, 1.82) is 0 Å². The minimum Gasteiger partial charge on any atom is -0.325 e. The van der Waals surface area contributed by atoms with E-state index >= 15 is 0 Å². The molecule has 2 nitrogen and oxygen atoms in total. The van der Waals surface area contributed by atoms with E-state index in [1.54, 1.807) is 13.8 Å². The quantitative estimate of drug-likeness (QED) is 0.827. The van der Waals surface area contributed by atoms with Crippen LogP contribution in [0, 0.1) is 0 Å². The molecule has 1 amide bonds. The second-order valence-electron chi connectivity index (χ2n) is 4.01. The summed E-state index contributed by atoms with van der Waals surface area (Å²) in [6, 6.07) is 4.51. The summed E-state index contributed by atoms with van der Waals surface area (Å²) in [5.41, 5.74) is -0.667. The second-order valence-corrected chi connectivity index (χ2v) is 5.99. The smallest absolute Gasteiger partial charge is 0.325 e. The average Bonchev–Trinajstić information content (AvgIpc) is 2.15. The van der Waals surface area contributed by atoms with E-state index in [2.05, 4.69) is 21.2 Å². The summed E-state index contributed by atoms with van der Waals surface area (Å²) in [6.07, 6.45) is -4.41. The molecule has 0 aliphatic carbocycles. The average molecular weight is 310 g/mol. The van der Waals surface area contributed by atoms with Crippen LogP contribution in [0.2, 0.25) is 0 Å². The lowest BCUT2D eigenvalue weighted by atomic mass is 10.1. The van der Waals surface area contributed by atoms with E-state index in [-0.39, 0.29) is 5.69 Å². The molecular weight excluding hydrogens is 299 g/mol. The fourth-order valence-corrected chi connectivity index (χ4v) is 1.15. The second kappa shape index (κ2) is 4.68. The highest BCUT2D eigenvalue weighted by molar-refractivity contribution is 9.10. The van der Waals surface area contributed by atoms with Crippen LogP contribution in [0.5, 0.6) is 0 Å². The number of rotatable bonds is 2. The van der Waals surface area contributed by atoms with E-state index in [4.69, 9.17) is 0 Å². The molecule has 0 heterocycles. The summed E-state index contributed by atoms with van der Waals surface area (Å²) in [5.74, 6) is -0.406. The number of nitrogens with one attached hydrogen (secondary N) is 1. The molecule has 1 N–H and O–H groups in total. The van der Waals surface area contributed by atoms with Crippen molar-refractivity contribution in [2.75, 3.05) is 5.32 Å². The zero-order valence-electron chi connectivity index (χ0n) is 9.23. The van der Waals surface area contributed by atoms with Crippen molar-refractivity contribution in [3.05, 3.63) is 29.8 Å². The third-order valence-electron chi connectivity index (χ3n) is 1.99. The van der Waals surface area contributed by atoms with Crippen LogP contribution in [-0.2, 0) is 11.0 Å². The Bertz CT molecular complexity index is 423. The Morgan fingerprint density at radius 1 is 1.29 bits per heavy atom. The van der Waals surface area contributed by atoms with Gasteiger partial charge in [0.1, 0.15) is 0 Å². The van der Waals surface area contributed by atoms with Crippen LogP contribution in [0.15, 0.2) is 24.3 Å². The summed E-state index contributed by atoms with van der Waals surface area (Å²) in [4.78, 5) is 11.6. The normalized spacial score (nSPS) is 12.4. The van der Waals surface area contributed by atoms with Gasteiger partial charge in [-0.25, -0.2) is 0 Å². The predicted octanol–water partition coefficient (Wildman–Crippen LogP) is 3.82. The van der Waals surface area contributed by atoms with Gasteiger partial charge in [0.05, 0.1) is 9.89 Å². The largest absolute Gasteiger partial charge is 0.416 e. The van der Waals surface area contributed by atoms with Gasteiger partial charge < -0.3 is 5.32 Å². The maximum Gasteiger partial charge on any atom is 0.416 e. The van der Waals surface area contributed by atoms with Crippen LogP contribution in [0.4, 0.5) is 18.9 Å². The van der Waals surface area contributed by atoms with Crippen molar-refractivity contribution in [1.82, 2.24) is 0 Å². The van der Waals surface area contributed by atoms with Crippen molar-refractivity contribution in [3.8, 4) is 0 Å². The van der Waals surface area contributed by atoms with Crippen LogP contribution < -0.4 is 5.32 Å². The van der Waals surface area contributed by atoms with Crippen molar-refractivity contribution < 1.29 is 18.0 Å². The molecule has 0 fully saturated rings. The Hall–Kier alpha value is -1.04. The zero-order chi connectivity index (χ0) is 13.3. The Kier molecular flexibility index (Phi) is 3.86. The van der Waals surface area contributed by atoms with Crippen LogP contribution >= 0.6 is 15.9 Å². The highest BCUT2D eigenvalue weighted by Crippen LogP contribution is 2.31. The molecule has 6 heteroatoms. The number of hydrogen-bond acceptors (Lipinski definition) is 1. The van der Waals surface area contributed by atoms with E-state index < -0.39 is 22.0 Å². The van der Waals surface area contributed by atoms with Gasteiger partial charge in [-0.3, -0.25) is 4.79 Å². The molecule has 1 aromatic rings. The third kappa shape index (κ3) is 4.03. The first-order valence-electron chi connectivity index (χ1n) is 4.78. The standard InChI is InChI=1S/C11H11BrF3NO/c1-10(2,12)9(17)16-8-5-3-4-7(6-8)11(13,14)15/h3-6H,1-2H3,(H,16,17). The molecule has 0 spiro atoms. The van der Waals surface area contributed by atoms with Gasteiger partial charge in [0.25, 0.3) is 0 Å². The van der Waals surface area contributed by atoms with Gasteiger partial charge in [0, 0.05) is 5.69 Å². The highest BCUT2D eigenvalue weighted by Gasteiger charge is 2.31. The predicted molar refractivity (Wildman–Crippen MR) is 63.1 cm³/mol. The summed E-state index contributed by atoms with van der Waals surface area (Å²) in [7, 11) is 0. The molecule has 17 heavy (non-hydrogen) atoms. The van der Waals surface area contributed by atoms with Gasteiger partial charge >= 0.3 is 6.18 Å². The van der Waals surface area contributed by atoms with Crippen LogP contribution in [0.25, 0.3) is 0 Å². The highest BCUT2D eigenvalue weighted by atomic mass is 79.9. The summed E-state index contributed by atoms with van der Waals surface area (Å²) in [5, 5.41) is 2.41. The molecule has 94 valence electrons. The van der Waals surface area contributed by atoms with Crippen molar-refractivity contribution >= 4 is 27.5 Å². The van der Waals surface area contributed by atoms with Crippen LogP contribution in [0.3, 0.4) is 0 Å². The maximum atomic E-state index is 12.4. The number of benzene rings is 1. The first-order valence-corrected chi connectivity index (χ1v) is 5.57. The number of halogens is 4. The summed E-state index contributed by atoms with van der Waals surface area (Å²) < 4.78 is 36.4. The number of carbonyl (C=O) groups is 1. The van der Waals surface area contributed by atoms with Gasteiger partial charge in [-0.2, -0.15) is 13.2 Å². The van der Waals surface area contributed by atoms with Gasteiger partial charge in [-0.15, -0.1) is 0 Å². The maximum absolute atomic E-state index is 12.4. The fraction of sp³-hybridized carbons (Fsp3) is 0.364. The third-order valence-corrected chi connectivity index (χ3v) is 2.35. The first kappa shape index (κ1) is 14.0. The topological polar surface area (TPSA) is 29.1 Å². The van der Waals surface area contributed by atoms with Crippen molar-refractivity contribution in [2.24, 2.45) is 0 Å². The minimum absolute atomic E-state index is 0.123. The lowest BCUT2D eigenvalue weighted by Crippen LogP contribution is -2.31. The van der Waals surface area contributed by atoms with Gasteiger partial charge in [0.15, 0.2) is 0 Å². The number of amides is 1. The molecule has 0 saturated carbocycles. The molecular formula is C11H11BrF3NO. The van der Waals surface area contributed by atoms with E-state index in [0.29, 0.717) is 0 Å². The summed E-state index contributed by atoms with van der Waals surface area (Å²) in [6.45, 7) is 3.21. The first-order chi connectivity index (χ1) is 7.60. The Morgan fingerprint density at radius 2 is 1.88 bits per heavy atom. The van der Waals surface area contributed by atoms with Gasteiger partial charge in [0.2, 0.25) is 5.91 Å². The molecule has 0 atom stereocenters. The lowest BCUT2D eigenvalue weighted by Gasteiger charge is -2.16. The van der Waals surface area contributed by atoms with Crippen LogP contribution in [0.1, 0.15) is 19.4 Å². The van der Waals surface area contributed by atoms with E-state index in [1.165, 1.54) is 12.1 Å². The molecule has 1 rings (SSSR count). The summed E-state index contributed by atoms with van der Waals surface area (Å²) >= 11 is 3.13. The Balaban J connectivity index is 2.91. The molecule has 0 aromatic heterocycles. The Labute approximate surface area is 105 Å². The van der Waals surface area contributed by atoms with E-state index in [1.807, 2.05) is 0 Å². The molecule has 0 aliphatic rings. The van der Waals surface area contributed by atoms with Crippen LogP contribution in [-0.4, -0.2) is 10.2 Å². The number of anilines is 1. The minimum atomic E-state index is -4.41. The molecule has 0 aliphatic heterocycles.